The fourth-order valence-electron chi connectivity index (χ4n) is 3.96. The van der Waals surface area contributed by atoms with Crippen molar-refractivity contribution in [3.8, 4) is 0 Å². The summed E-state index contributed by atoms with van der Waals surface area (Å²) in [5, 5.41) is 3.53. The van der Waals surface area contributed by atoms with Gasteiger partial charge in [-0.1, -0.05) is 19.9 Å². The van der Waals surface area contributed by atoms with Crippen LogP contribution in [0.1, 0.15) is 43.4 Å². The van der Waals surface area contributed by atoms with Crippen LogP contribution in [0.25, 0.3) is 0 Å². The molecule has 0 aliphatic carbocycles. The summed E-state index contributed by atoms with van der Waals surface area (Å²) in [6.07, 6.45) is 2.58. The normalized spacial score (nSPS) is 20.8. The average molecular weight is 272 g/mol. The predicted molar refractivity (Wildman–Crippen MR) is 86.7 cm³/mol. The molecule has 2 heterocycles. The van der Waals surface area contributed by atoms with Crippen LogP contribution in [0.15, 0.2) is 12.1 Å². The molecule has 1 N–H and O–H groups in total. The molecule has 2 nitrogen and oxygen atoms in total. The highest BCUT2D eigenvalue weighted by Crippen LogP contribution is 2.47. The summed E-state index contributed by atoms with van der Waals surface area (Å²) >= 11 is 0. The second-order valence-electron chi connectivity index (χ2n) is 7.26. The largest absolute Gasteiger partial charge is 0.370 e. The van der Waals surface area contributed by atoms with E-state index in [1.54, 1.807) is 5.56 Å². The maximum Gasteiger partial charge on any atom is 0.0408 e. The third-order valence-electron chi connectivity index (χ3n) is 5.16. The van der Waals surface area contributed by atoms with Crippen LogP contribution in [0, 0.1) is 19.8 Å². The van der Waals surface area contributed by atoms with E-state index < -0.39 is 0 Å². The van der Waals surface area contributed by atoms with Crippen molar-refractivity contribution in [2.45, 2.75) is 46.0 Å². The molecule has 1 aromatic carbocycles. The molecule has 110 valence electrons. The van der Waals surface area contributed by atoms with E-state index in [4.69, 9.17) is 0 Å². The minimum Gasteiger partial charge on any atom is -0.370 e. The molecule has 1 aromatic rings. The fourth-order valence-corrected chi connectivity index (χ4v) is 3.96. The zero-order valence-corrected chi connectivity index (χ0v) is 13.4. The number of anilines is 1. The highest BCUT2D eigenvalue weighted by molar-refractivity contribution is 5.65. The molecule has 1 spiro atoms. The van der Waals surface area contributed by atoms with Crippen molar-refractivity contribution < 1.29 is 0 Å². The molecular formula is C18H28N2. The van der Waals surface area contributed by atoms with Gasteiger partial charge in [0.25, 0.3) is 0 Å². The van der Waals surface area contributed by atoms with E-state index in [-0.39, 0.29) is 0 Å². The molecule has 0 bridgehead atoms. The molecule has 0 radical (unpaired) electrons. The Morgan fingerprint density at radius 1 is 1.15 bits per heavy atom. The number of benzene rings is 1. The first-order valence-electron chi connectivity index (χ1n) is 8.09. The highest BCUT2D eigenvalue weighted by atomic mass is 15.2. The van der Waals surface area contributed by atoms with Gasteiger partial charge in [0.05, 0.1) is 0 Å². The van der Waals surface area contributed by atoms with Crippen molar-refractivity contribution >= 4 is 5.69 Å². The maximum atomic E-state index is 3.53. The van der Waals surface area contributed by atoms with Crippen LogP contribution in [0.3, 0.4) is 0 Å². The van der Waals surface area contributed by atoms with Crippen molar-refractivity contribution in [1.29, 1.82) is 0 Å². The number of hydrogen-bond donors (Lipinski definition) is 1. The molecule has 0 amide bonds. The first-order chi connectivity index (χ1) is 9.52. The Kier molecular flexibility index (Phi) is 3.53. The Bertz CT molecular complexity index is 498. The number of nitrogens with one attached hydrogen (secondary N) is 1. The first kappa shape index (κ1) is 13.9. The second-order valence-corrected chi connectivity index (χ2v) is 7.26. The van der Waals surface area contributed by atoms with Gasteiger partial charge in [-0.05, 0) is 68.5 Å². The van der Waals surface area contributed by atoms with E-state index in [0.717, 1.165) is 5.92 Å². The zero-order chi connectivity index (χ0) is 14.3. The van der Waals surface area contributed by atoms with E-state index in [1.165, 1.54) is 55.8 Å². The Morgan fingerprint density at radius 2 is 1.80 bits per heavy atom. The van der Waals surface area contributed by atoms with Crippen molar-refractivity contribution in [3.05, 3.63) is 28.8 Å². The van der Waals surface area contributed by atoms with E-state index in [1.807, 2.05) is 0 Å². The van der Waals surface area contributed by atoms with Gasteiger partial charge in [0.2, 0.25) is 0 Å². The third-order valence-corrected chi connectivity index (χ3v) is 5.16. The van der Waals surface area contributed by atoms with Crippen LogP contribution in [-0.2, 0) is 5.41 Å². The summed E-state index contributed by atoms with van der Waals surface area (Å²) in [6, 6.07) is 4.92. The molecule has 0 aromatic heterocycles. The van der Waals surface area contributed by atoms with Crippen LogP contribution < -0.4 is 10.2 Å². The summed E-state index contributed by atoms with van der Waals surface area (Å²) < 4.78 is 0. The van der Waals surface area contributed by atoms with Crippen LogP contribution in [0.2, 0.25) is 0 Å². The van der Waals surface area contributed by atoms with E-state index in [2.05, 4.69) is 50.0 Å². The summed E-state index contributed by atoms with van der Waals surface area (Å²) in [7, 11) is 0. The molecule has 0 saturated carbocycles. The van der Waals surface area contributed by atoms with Crippen LogP contribution in [0.5, 0.6) is 0 Å². The Morgan fingerprint density at radius 3 is 2.45 bits per heavy atom. The van der Waals surface area contributed by atoms with Gasteiger partial charge in [0.15, 0.2) is 0 Å². The monoisotopic (exact) mass is 272 g/mol. The minimum atomic E-state index is 0.411. The number of aryl methyl sites for hydroxylation is 2. The van der Waals surface area contributed by atoms with Gasteiger partial charge < -0.3 is 10.2 Å². The number of piperidine rings is 1. The van der Waals surface area contributed by atoms with Crippen molar-refractivity contribution in [2.24, 2.45) is 5.92 Å². The average Bonchev–Trinajstić information content (AvgIpc) is 2.65. The molecule has 2 aliphatic rings. The predicted octanol–water partition coefficient (Wildman–Crippen LogP) is 3.40. The van der Waals surface area contributed by atoms with E-state index in [9.17, 15) is 0 Å². The van der Waals surface area contributed by atoms with E-state index >= 15 is 0 Å². The molecule has 0 atom stereocenters. The number of rotatable bonds is 2. The lowest BCUT2D eigenvalue weighted by Gasteiger charge is -2.35. The first-order valence-corrected chi connectivity index (χ1v) is 8.09. The number of nitrogens with zero attached hydrogens (tertiary/aromatic N) is 1. The molecular weight excluding hydrogens is 244 g/mol. The zero-order valence-electron chi connectivity index (χ0n) is 13.4. The standard InChI is InChI=1S/C18H28N2/c1-13(2)11-20-12-18(5-7-19-8-6-18)16-9-14(3)15(4)10-17(16)20/h9-10,13,19H,5-8,11-12H2,1-4H3. The number of hydrogen-bond acceptors (Lipinski definition) is 2. The van der Waals surface area contributed by atoms with Gasteiger partial charge in [0, 0.05) is 24.2 Å². The Balaban J connectivity index is 2.04. The summed E-state index contributed by atoms with van der Waals surface area (Å²) in [5.74, 6) is 0.723. The third kappa shape index (κ3) is 2.24. The van der Waals surface area contributed by atoms with Gasteiger partial charge in [-0.25, -0.2) is 0 Å². The second kappa shape index (κ2) is 5.07. The highest BCUT2D eigenvalue weighted by Gasteiger charge is 2.43. The topological polar surface area (TPSA) is 15.3 Å². The quantitative estimate of drug-likeness (QED) is 0.887. The van der Waals surface area contributed by atoms with Gasteiger partial charge in [-0.15, -0.1) is 0 Å². The molecule has 3 rings (SSSR count). The maximum absolute atomic E-state index is 3.53. The summed E-state index contributed by atoms with van der Waals surface area (Å²) in [6.45, 7) is 13.9. The van der Waals surface area contributed by atoms with Crippen LogP contribution >= 0.6 is 0 Å². The summed E-state index contributed by atoms with van der Waals surface area (Å²) in [4.78, 5) is 2.65. The van der Waals surface area contributed by atoms with Crippen molar-refractivity contribution in [2.75, 3.05) is 31.1 Å². The van der Waals surface area contributed by atoms with Gasteiger partial charge in [0.1, 0.15) is 0 Å². The van der Waals surface area contributed by atoms with Crippen LogP contribution in [0.4, 0.5) is 5.69 Å². The number of fused-ring (bicyclic) bond motifs is 2. The molecule has 2 aliphatic heterocycles. The van der Waals surface area contributed by atoms with Gasteiger partial charge in [-0.2, -0.15) is 0 Å². The van der Waals surface area contributed by atoms with Crippen LogP contribution in [-0.4, -0.2) is 26.2 Å². The molecule has 20 heavy (non-hydrogen) atoms. The Labute approximate surface area is 123 Å². The molecule has 2 heteroatoms. The minimum absolute atomic E-state index is 0.411. The lowest BCUT2D eigenvalue weighted by atomic mass is 9.74. The van der Waals surface area contributed by atoms with E-state index in [0.29, 0.717) is 5.41 Å². The molecule has 1 saturated heterocycles. The SMILES string of the molecule is Cc1cc2c(cc1C)C1(CCNCC1)CN2CC(C)C. The van der Waals surface area contributed by atoms with Gasteiger partial charge >= 0.3 is 0 Å². The summed E-state index contributed by atoms with van der Waals surface area (Å²) in [5.41, 5.74) is 6.44. The lowest BCUT2D eigenvalue weighted by molar-refractivity contribution is 0.323. The fraction of sp³-hybridized carbons (Fsp3) is 0.667. The molecule has 0 unspecified atom stereocenters. The van der Waals surface area contributed by atoms with Gasteiger partial charge in [-0.3, -0.25) is 0 Å². The van der Waals surface area contributed by atoms with Crippen molar-refractivity contribution in [3.63, 3.8) is 0 Å². The van der Waals surface area contributed by atoms with Crippen molar-refractivity contribution in [1.82, 2.24) is 5.32 Å². The smallest absolute Gasteiger partial charge is 0.0408 e. The Hall–Kier alpha value is -1.02. The molecule has 1 fully saturated rings. The lowest BCUT2D eigenvalue weighted by Crippen LogP contribution is -2.43.